The predicted octanol–water partition coefficient (Wildman–Crippen LogP) is 7.86. The highest BCUT2D eigenvalue weighted by molar-refractivity contribution is 7.22. The minimum atomic E-state index is -0.898. The average Bonchev–Trinajstić information content (AvgIpc) is 3.20. The Labute approximate surface area is 203 Å². The lowest BCUT2D eigenvalue weighted by Gasteiger charge is -2.14. The van der Waals surface area contributed by atoms with E-state index in [0.29, 0.717) is 5.56 Å². The number of pyridine rings is 1. The van der Waals surface area contributed by atoms with Gasteiger partial charge < -0.3 is 5.11 Å². The summed E-state index contributed by atoms with van der Waals surface area (Å²) in [6.07, 6.45) is 3.55. The number of carboxylic acid groups (broad SMARTS) is 1. The zero-order valence-corrected chi connectivity index (χ0v) is 20.3. The van der Waals surface area contributed by atoms with Gasteiger partial charge >= 0.3 is 5.97 Å². The Morgan fingerprint density at radius 2 is 1.68 bits per heavy atom. The number of benzene rings is 3. The second kappa shape index (κ2) is 9.40. The highest BCUT2D eigenvalue weighted by atomic mass is 32.1. The van der Waals surface area contributed by atoms with Gasteiger partial charge in [0.1, 0.15) is 0 Å². The molecule has 1 N–H and O–H groups in total. The Bertz CT molecular complexity index is 1500. The van der Waals surface area contributed by atoms with Crippen LogP contribution in [0.4, 0.5) is 0 Å². The SMILES string of the molecule is CCc1ccc(CCCc2ccccc2)c2c(C(=O)O)cc(-c3sc4ccccc4c3C)nc12. The molecular weight excluding hydrogens is 438 g/mol. The Morgan fingerprint density at radius 1 is 0.941 bits per heavy atom. The number of nitrogens with zero attached hydrogens (tertiary/aromatic N) is 1. The van der Waals surface area contributed by atoms with Crippen LogP contribution in [0, 0.1) is 6.92 Å². The van der Waals surface area contributed by atoms with Crippen molar-refractivity contribution in [1.29, 1.82) is 0 Å². The van der Waals surface area contributed by atoms with Crippen LogP contribution in [0.5, 0.6) is 0 Å². The number of fused-ring (bicyclic) bond motifs is 2. The number of hydrogen-bond acceptors (Lipinski definition) is 3. The van der Waals surface area contributed by atoms with Crippen LogP contribution in [0.25, 0.3) is 31.6 Å². The maximum atomic E-state index is 12.5. The quantitative estimate of drug-likeness (QED) is 0.266. The second-order valence-corrected chi connectivity index (χ2v) is 9.76. The van der Waals surface area contributed by atoms with Crippen molar-refractivity contribution in [1.82, 2.24) is 4.98 Å². The summed E-state index contributed by atoms with van der Waals surface area (Å²) in [5.41, 5.74) is 6.53. The Morgan fingerprint density at radius 3 is 2.41 bits per heavy atom. The molecule has 0 saturated heterocycles. The van der Waals surface area contributed by atoms with E-state index in [0.717, 1.165) is 63.8 Å². The van der Waals surface area contributed by atoms with Crippen molar-refractivity contribution < 1.29 is 9.90 Å². The molecule has 0 saturated carbocycles. The zero-order valence-electron chi connectivity index (χ0n) is 19.5. The van der Waals surface area contributed by atoms with E-state index in [1.165, 1.54) is 15.6 Å². The molecule has 0 aliphatic rings. The molecule has 4 heteroatoms. The first-order valence-corrected chi connectivity index (χ1v) is 12.6. The molecule has 0 atom stereocenters. The molecule has 0 amide bonds. The third-order valence-corrected chi connectivity index (χ3v) is 7.87. The van der Waals surface area contributed by atoms with Gasteiger partial charge in [0.25, 0.3) is 0 Å². The molecule has 0 aliphatic heterocycles. The minimum Gasteiger partial charge on any atom is -0.478 e. The summed E-state index contributed by atoms with van der Waals surface area (Å²) in [6.45, 7) is 4.20. The van der Waals surface area contributed by atoms with Crippen molar-refractivity contribution in [3.63, 3.8) is 0 Å². The summed E-state index contributed by atoms with van der Waals surface area (Å²) >= 11 is 1.68. The maximum absolute atomic E-state index is 12.5. The summed E-state index contributed by atoms with van der Waals surface area (Å²) in [5, 5.41) is 12.2. The molecule has 0 unspecified atom stereocenters. The average molecular weight is 466 g/mol. The lowest BCUT2D eigenvalue weighted by molar-refractivity contribution is 0.0699. The molecule has 5 aromatic rings. The Kier molecular flexibility index (Phi) is 6.16. The van der Waals surface area contributed by atoms with Gasteiger partial charge in [0.2, 0.25) is 0 Å². The number of hydrogen-bond donors (Lipinski definition) is 1. The van der Waals surface area contributed by atoms with E-state index in [9.17, 15) is 9.90 Å². The van der Waals surface area contributed by atoms with Gasteiger partial charge in [0.05, 0.1) is 21.7 Å². The van der Waals surface area contributed by atoms with E-state index in [1.807, 2.05) is 18.2 Å². The molecule has 2 heterocycles. The van der Waals surface area contributed by atoms with E-state index in [2.05, 4.69) is 62.4 Å². The van der Waals surface area contributed by atoms with Crippen molar-refractivity contribution in [2.75, 3.05) is 0 Å². The van der Waals surface area contributed by atoms with Crippen LogP contribution in [0.15, 0.2) is 72.8 Å². The van der Waals surface area contributed by atoms with Gasteiger partial charge in [-0.3, -0.25) is 0 Å². The number of thiophene rings is 1. The first-order chi connectivity index (χ1) is 16.6. The highest BCUT2D eigenvalue weighted by Crippen LogP contribution is 2.39. The van der Waals surface area contributed by atoms with Crippen molar-refractivity contribution in [2.45, 2.75) is 39.5 Å². The van der Waals surface area contributed by atoms with Crippen molar-refractivity contribution >= 4 is 38.3 Å². The third kappa shape index (κ3) is 4.10. The van der Waals surface area contributed by atoms with Crippen LogP contribution >= 0.6 is 11.3 Å². The number of aryl methyl sites for hydroxylation is 4. The van der Waals surface area contributed by atoms with Gasteiger partial charge in [0, 0.05) is 10.1 Å². The van der Waals surface area contributed by atoms with Crippen molar-refractivity contribution in [2.24, 2.45) is 0 Å². The lowest BCUT2D eigenvalue weighted by atomic mass is 9.93. The van der Waals surface area contributed by atoms with Crippen LogP contribution in [0.3, 0.4) is 0 Å². The fourth-order valence-corrected chi connectivity index (χ4v) is 5.96. The largest absolute Gasteiger partial charge is 0.478 e. The lowest BCUT2D eigenvalue weighted by Crippen LogP contribution is -2.05. The molecule has 34 heavy (non-hydrogen) atoms. The summed E-state index contributed by atoms with van der Waals surface area (Å²) in [5.74, 6) is -0.898. The molecule has 170 valence electrons. The van der Waals surface area contributed by atoms with E-state index >= 15 is 0 Å². The zero-order chi connectivity index (χ0) is 23.7. The van der Waals surface area contributed by atoms with Gasteiger partial charge in [-0.25, -0.2) is 9.78 Å². The molecule has 0 aliphatic carbocycles. The van der Waals surface area contributed by atoms with E-state index in [4.69, 9.17) is 4.98 Å². The fourth-order valence-electron chi connectivity index (χ4n) is 4.79. The van der Waals surface area contributed by atoms with Gasteiger partial charge in [-0.1, -0.05) is 67.6 Å². The van der Waals surface area contributed by atoms with Gasteiger partial charge in [-0.05, 0) is 72.4 Å². The fraction of sp³-hybridized carbons (Fsp3) is 0.200. The number of rotatable bonds is 7. The molecule has 3 aromatic carbocycles. The standard InChI is InChI=1S/C30H27NO2S/c1-3-21-16-17-22(13-9-12-20-10-5-4-6-11-20)27-24(30(32)33)18-25(31-28(21)27)29-19(2)23-14-7-8-15-26(23)34-29/h4-8,10-11,14-18H,3,9,12-13H2,1-2H3,(H,32,33). The number of carboxylic acids is 1. The Balaban J connectivity index is 1.63. The number of carbonyl (C=O) groups is 1. The molecule has 0 fully saturated rings. The highest BCUT2D eigenvalue weighted by Gasteiger charge is 2.20. The van der Waals surface area contributed by atoms with E-state index in [1.54, 1.807) is 17.4 Å². The van der Waals surface area contributed by atoms with Crippen LogP contribution in [-0.4, -0.2) is 16.1 Å². The summed E-state index contributed by atoms with van der Waals surface area (Å²) in [6, 6.07) is 24.7. The molecule has 0 bridgehead atoms. The van der Waals surface area contributed by atoms with Crippen LogP contribution in [-0.2, 0) is 19.3 Å². The van der Waals surface area contributed by atoms with Crippen LogP contribution < -0.4 is 0 Å². The Hall–Kier alpha value is -3.50. The predicted molar refractivity (Wildman–Crippen MR) is 142 cm³/mol. The minimum absolute atomic E-state index is 0.349. The second-order valence-electron chi connectivity index (χ2n) is 8.71. The first-order valence-electron chi connectivity index (χ1n) is 11.8. The van der Waals surface area contributed by atoms with Gasteiger partial charge in [-0.15, -0.1) is 11.3 Å². The van der Waals surface area contributed by atoms with Crippen LogP contribution in [0.2, 0.25) is 0 Å². The molecule has 0 radical (unpaired) electrons. The van der Waals surface area contributed by atoms with Gasteiger partial charge in [-0.2, -0.15) is 0 Å². The van der Waals surface area contributed by atoms with Crippen molar-refractivity contribution in [3.8, 4) is 10.6 Å². The van der Waals surface area contributed by atoms with E-state index < -0.39 is 5.97 Å². The summed E-state index contributed by atoms with van der Waals surface area (Å²) in [7, 11) is 0. The van der Waals surface area contributed by atoms with E-state index in [-0.39, 0.29) is 0 Å². The van der Waals surface area contributed by atoms with Gasteiger partial charge in [0.15, 0.2) is 0 Å². The maximum Gasteiger partial charge on any atom is 0.336 e. The summed E-state index contributed by atoms with van der Waals surface area (Å²) in [4.78, 5) is 18.6. The smallest absolute Gasteiger partial charge is 0.336 e. The normalized spacial score (nSPS) is 11.4. The molecule has 2 aromatic heterocycles. The number of aromatic carboxylic acids is 1. The molecule has 5 rings (SSSR count). The van der Waals surface area contributed by atoms with Crippen molar-refractivity contribution in [3.05, 3.63) is 101 Å². The topological polar surface area (TPSA) is 50.2 Å². The summed E-state index contributed by atoms with van der Waals surface area (Å²) < 4.78 is 1.19. The van der Waals surface area contributed by atoms with Crippen LogP contribution in [0.1, 0.15) is 46.0 Å². The molecule has 0 spiro atoms. The molecular formula is C30H27NO2S. The molecule has 3 nitrogen and oxygen atoms in total. The third-order valence-electron chi connectivity index (χ3n) is 6.57. The first kappa shape index (κ1) is 22.3. The number of aromatic nitrogens is 1. The monoisotopic (exact) mass is 465 g/mol.